The number of para-hydroxylation sites is 1. The Hall–Kier alpha value is -3.81. The maximum absolute atomic E-state index is 13.8. The van der Waals surface area contributed by atoms with Crippen molar-refractivity contribution in [2.24, 2.45) is 0 Å². The van der Waals surface area contributed by atoms with Crippen molar-refractivity contribution in [3.8, 4) is 11.4 Å². The predicted octanol–water partition coefficient (Wildman–Crippen LogP) is 5.05. The monoisotopic (exact) mass is 429 g/mol. The molecule has 162 valence electrons. The summed E-state index contributed by atoms with van der Waals surface area (Å²) >= 11 is 0. The molecule has 32 heavy (non-hydrogen) atoms. The molecule has 0 spiro atoms. The molecular weight excluding hydrogens is 405 g/mol. The van der Waals surface area contributed by atoms with Gasteiger partial charge in [0.25, 0.3) is 0 Å². The summed E-state index contributed by atoms with van der Waals surface area (Å²) in [6.07, 6.45) is 7.38. The maximum Gasteiger partial charge on any atom is 0.166 e. The lowest BCUT2D eigenvalue weighted by Crippen LogP contribution is -2.09. The number of nitrogens with one attached hydrogen (secondary N) is 2. The molecule has 4 aromatic heterocycles. The Balaban J connectivity index is 1.48. The van der Waals surface area contributed by atoms with Gasteiger partial charge in [-0.05, 0) is 44.4 Å². The summed E-state index contributed by atoms with van der Waals surface area (Å²) in [6, 6.07) is 7.88. The van der Waals surface area contributed by atoms with Crippen LogP contribution in [0, 0.1) is 12.7 Å². The van der Waals surface area contributed by atoms with Crippen molar-refractivity contribution in [2.75, 3.05) is 11.9 Å². The number of imidazole rings is 1. The number of H-pyrrole nitrogens is 1. The number of benzene rings is 1. The first-order valence-corrected chi connectivity index (χ1v) is 10.7. The molecule has 1 aromatic carbocycles. The van der Waals surface area contributed by atoms with Crippen LogP contribution in [-0.2, 0) is 6.42 Å². The number of anilines is 1. The molecule has 0 radical (unpaired) electrons. The normalized spacial score (nSPS) is 11.7. The highest BCUT2D eigenvalue weighted by atomic mass is 19.1. The van der Waals surface area contributed by atoms with Gasteiger partial charge in [-0.3, -0.25) is 4.98 Å². The topological polar surface area (TPSA) is 84.3 Å². The van der Waals surface area contributed by atoms with Gasteiger partial charge in [0.05, 0.1) is 12.5 Å². The lowest BCUT2D eigenvalue weighted by molar-refractivity contribution is 0.612. The van der Waals surface area contributed by atoms with Crippen molar-refractivity contribution in [2.45, 2.75) is 33.2 Å². The van der Waals surface area contributed by atoms with Crippen molar-refractivity contribution < 1.29 is 4.39 Å². The maximum atomic E-state index is 13.8. The molecule has 0 bridgehead atoms. The van der Waals surface area contributed by atoms with E-state index in [2.05, 4.69) is 75.4 Å². The Morgan fingerprint density at radius 3 is 2.88 bits per heavy atom. The van der Waals surface area contributed by atoms with E-state index in [1.54, 1.807) is 12.5 Å². The zero-order valence-electron chi connectivity index (χ0n) is 18.2. The van der Waals surface area contributed by atoms with Gasteiger partial charge in [-0.15, -0.1) is 0 Å². The highest BCUT2D eigenvalue weighted by molar-refractivity contribution is 5.87. The van der Waals surface area contributed by atoms with E-state index in [4.69, 9.17) is 0 Å². The molecule has 0 fully saturated rings. The van der Waals surface area contributed by atoms with Gasteiger partial charge in [-0.25, -0.2) is 19.3 Å². The average molecular weight is 430 g/mol. The number of rotatable bonds is 6. The van der Waals surface area contributed by atoms with E-state index in [1.807, 2.05) is 4.57 Å². The van der Waals surface area contributed by atoms with Gasteiger partial charge in [0.15, 0.2) is 17.3 Å². The second-order valence-electron chi connectivity index (χ2n) is 8.19. The smallest absolute Gasteiger partial charge is 0.166 e. The van der Waals surface area contributed by atoms with Gasteiger partial charge in [0, 0.05) is 41.4 Å². The third kappa shape index (κ3) is 3.57. The molecule has 0 saturated carbocycles. The Kier molecular flexibility index (Phi) is 5.05. The standard InChI is InChI=1S/C24H24FN7/c1-14(2)32-13-29-21-23(30-22(31-24(21)32)17-9-18(25)12-26-10-17)27-8-7-16-11-28-20-15(3)5-4-6-19(16)20/h4-6,9-14,28H,7-8H2,1-3H3,(H,27,30,31). The van der Waals surface area contributed by atoms with E-state index in [9.17, 15) is 4.39 Å². The molecular formula is C24H24FN7. The van der Waals surface area contributed by atoms with Gasteiger partial charge >= 0.3 is 0 Å². The molecule has 0 unspecified atom stereocenters. The third-order valence-electron chi connectivity index (χ3n) is 5.64. The van der Waals surface area contributed by atoms with E-state index in [1.165, 1.54) is 34.3 Å². The molecule has 7 nitrogen and oxygen atoms in total. The van der Waals surface area contributed by atoms with E-state index in [0.717, 1.165) is 6.42 Å². The fourth-order valence-electron chi connectivity index (χ4n) is 3.97. The van der Waals surface area contributed by atoms with Crippen LogP contribution in [0.3, 0.4) is 0 Å². The Morgan fingerprint density at radius 1 is 1.19 bits per heavy atom. The minimum atomic E-state index is -0.423. The van der Waals surface area contributed by atoms with Crippen LogP contribution in [0.4, 0.5) is 10.2 Å². The fourth-order valence-corrected chi connectivity index (χ4v) is 3.97. The average Bonchev–Trinajstić information content (AvgIpc) is 3.39. The number of hydrogen-bond acceptors (Lipinski definition) is 5. The van der Waals surface area contributed by atoms with Gasteiger partial charge < -0.3 is 14.9 Å². The SMILES string of the molecule is Cc1cccc2c(CCNc3nc(-c4cncc(F)c4)nc4c3ncn4C(C)C)c[nH]c12. The van der Waals surface area contributed by atoms with E-state index < -0.39 is 5.82 Å². The molecule has 0 atom stereocenters. The summed E-state index contributed by atoms with van der Waals surface area (Å²) in [5.41, 5.74) is 5.57. The predicted molar refractivity (Wildman–Crippen MR) is 124 cm³/mol. The highest BCUT2D eigenvalue weighted by Gasteiger charge is 2.16. The van der Waals surface area contributed by atoms with Crippen LogP contribution in [0.2, 0.25) is 0 Å². The van der Waals surface area contributed by atoms with Crippen molar-refractivity contribution in [1.29, 1.82) is 0 Å². The highest BCUT2D eigenvalue weighted by Crippen LogP contribution is 2.26. The van der Waals surface area contributed by atoms with Crippen molar-refractivity contribution >= 4 is 27.9 Å². The van der Waals surface area contributed by atoms with Gasteiger partial charge in [-0.1, -0.05) is 18.2 Å². The molecule has 5 rings (SSSR count). The van der Waals surface area contributed by atoms with Crippen LogP contribution in [0.1, 0.15) is 31.0 Å². The molecule has 4 heterocycles. The summed E-state index contributed by atoms with van der Waals surface area (Å²) in [6.45, 7) is 6.91. The van der Waals surface area contributed by atoms with E-state index in [0.29, 0.717) is 34.9 Å². The molecule has 0 amide bonds. The van der Waals surface area contributed by atoms with Crippen molar-refractivity contribution in [1.82, 2.24) is 29.5 Å². The van der Waals surface area contributed by atoms with Gasteiger partial charge in [-0.2, -0.15) is 0 Å². The van der Waals surface area contributed by atoms with E-state index >= 15 is 0 Å². The number of halogens is 1. The quantitative estimate of drug-likeness (QED) is 0.394. The first-order valence-electron chi connectivity index (χ1n) is 10.7. The molecule has 0 aliphatic heterocycles. The van der Waals surface area contributed by atoms with Crippen LogP contribution in [0.15, 0.2) is 49.2 Å². The number of aromatic nitrogens is 6. The van der Waals surface area contributed by atoms with Crippen LogP contribution in [0.5, 0.6) is 0 Å². The minimum absolute atomic E-state index is 0.177. The molecule has 0 saturated heterocycles. The summed E-state index contributed by atoms with van der Waals surface area (Å²) < 4.78 is 15.8. The first-order chi connectivity index (χ1) is 15.5. The zero-order valence-corrected chi connectivity index (χ0v) is 18.2. The second-order valence-corrected chi connectivity index (χ2v) is 8.19. The second kappa shape index (κ2) is 8.03. The molecule has 8 heteroatoms. The zero-order chi connectivity index (χ0) is 22.2. The Labute approximate surface area is 184 Å². The van der Waals surface area contributed by atoms with E-state index in [-0.39, 0.29) is 6.04 Å². The number of hydrogen-bond donors (Lipinski definition) is 2. The van der Waals surface area contributed by atoms with Crippen molar-refractivity contribution in [3.05, 3.63) is 66.1 Å². The number of aryl methyl sites for hydroxylation is 1. The summed E-state index contributed by atoms with van der Waals surface area (Å²) in [7, 11) is 0. The van der Waals surface area contributed by atoms with Gasteiger partial charge in [0.2, 0.25) is 0 Å². The van der Waals surface area contributed by atoms with Gasteiger partial charge in [0.1, 0.15) is 11.3 Å². The number of fused-ring (bicyclic) bond motifs is 2. The molecule has 0 aliphatic carbocycles. The van der Waals surface area contributed by atoms with Crippen LogP contribution in [0.25, 0.3) is 33.5 Å². The number of nitrogens with zero attached hydrogens (tertiary/aromatic N) is 5. The molecule has 0 aliphatic rings. The Morgan fingerprint density at radius 2 is 2.06 bits per heavy atom. The molecule has 5 aromatic rings. The largest absolute Gasteiger partial charge is 0.368 e. The summed E-state index contributed by atoms with van der Waals surface area (Å²) in [5, 5.41) is 4.66. The number of pyridine rings is 1. The van der Waals surface area contributed by atoms with Crippen molar-refractivity contribution in [3.63, 3.8) is 0 Å². The number of aromatic amines is 1. The van der Waals surface area contributed by atoms with Crippen LogP contribution >= 0.6 is 0 Å². The lowest BCUT2D eigenvalue weighted by atomic mass is 10.1. The summed E-state index contributed by atoms with van der Waals surface area (Å²) in [4.78, 5) is 21.2. The minimum Gasteiger partial charge on any atom is -0.368 e. The van der Waals surface area contributed by atoms with Crippen LogP contribution < -0.4 is 5.32 Å². The summed E-state index contributed by atoms with van der Waals surface area (Å²) in [5.74, 6) is 0.620. The lowest BCUT2D eigenvalue weighted by Gasteiger charge is -2.11. The third-order valence-corrected chi connectivity index (χ3v) is 5.64. The Bertz CT molecular complexity index is 1420. The fraction of sp³-hybridized carbons (Fsp3) is 0.250. The first kappa shape index (κ1) is 20.1. The molecule has 2 N–H and O–H groups in total. The van der Waals surface area contributed by atoms with Crippen LogP contribution in [-0.4, -0.2) is 36.0 Å².